The zero-order valence-corrected chi connectivity index (χ0v) is 10.1. The summed E-state index contributed by atoms with van der Waals surface area (Å²) in [4.78, 5) is 0. The topological polar surface area (TPSA) is 0 Å². The average molecular weight is 245 g/mol. The molecule has 1 rings (SSSR count). The molecule has 1 aromatic carbocycles. The summed E-state index contributed by atoms with van der Waals surface area (Å²) < 4.78 is 1.59. The summed E-state index contributed by atoms with van der Waals surface area (Å²) in [6.45, 7) is 2.26. The summed E-state index contributed by atoms with van der Waals surface area (Å²) in [6, 6.07) is 8.82. The third-order valence-electron chi connectivity index (χ3n) is 1.57. The fourth-order valence-corrected chi connectivity index (χ4v) is 3.55. The predicted octanol–water partition coefficient (Wildman–Crippen LogP) is 2.32. The third-order valence-corrected chi connectivity index (χ3v) is 4.27. The van der Waals surface area contributed by atoms with Crippen LogP contribution in [0.25, 0.3) is 0 Å². The minimum absolute atomic E-state index is 0.687. The van der Waals surface area contributed by atoms with Crippen LogP contribution in [-0.2, 0) is 5.75 Å². The van der Waals surface area contributed by atoms with Crippen molar-refractivity contribution in [2.75, 3.05) is 6.26 Å². The van der Waals surface area contributed by atoms with Crippen molar-refractivity contribution in [3.05, 3.63) is 29.8 Å². The molecule has 0 atom stereocenters. The second-order valence-corrected chi connectivity index (χ2v) is 6.08. The van der Waals surface area contributed by atoms with Crippen molar-refractivity contribution >= 4 is 31.2 Å². The minimum atomic E-state index is 0.687. The van der Waals surface area contributed by atoms with Gasteiger partial charge in [-0.05, 0) is 0 Å². The van der Waals surface area contributed by atoms with Gasteiger partial charge in [0.25, 0.3) is 0 Å². The van der Waals surface area contributed by atoms with E-state index < -0.39 is 0 Å². The third kappa shape index (κ3) is 2.85. The molecule has 0 spiro atoms. The van der Waals surface area contributed by atoms with Gasteiger partial charge in [0, 0.05) is 0 Å². The molecule has 0 aromatic heterocycles. The van der Waals surface area contributed by atoms with Crippen LogP contribution in [0.4, 0.5) is 0 Å². The number of hydrogen-bond donors (Lipinski definition) is 0. The standard InChI is InChI=1S/C10H14SSe/c1-3-12-10-7-5-4-6-9(10)8-11-2/h4-7H,3,8H2,1-2H3. The van der Waals surface area contributed by atoms with E-state index in [0.717, 1.165) is 5.75 Å². The average Bonchev–Trinajstić information content (AvgIpc) is 2.09. The van der Waals surface area contributed by atoms with Crippen LogP contribution in [0.2, 0.25) is 5.32 Å². The summed E-state index contributed by atoms with van der Waals surface area (Å²) in [5.74, 6) is 1.16. The van der Waals surface area contributed by atoms with Crippen molar-refractivity contribution in [3.63, 3.8) is 0 Å². The summed E-state index contributed by atoms with van der Waals surface area (Å²) in [5, 5.41) is 1.30. The molecular weight excluding hydrogens is 231 g/mol. The molecule has 0 heterocycles. The van der Waals surface area contributed by atoms with Gasteiger partial charge in [-0.25, -0.2) is 0 Å². The molecule has 1 aromatic rings. The van der Waals surface area contributed by atoms with Crippen molar-refractivity contribution in [1.82, 2.24) is 0 Å². The molecular formula is C10H14SSe. The molecule has 0 aliphatic rings. The number of thioether (sulfide) groups is 1. The van der Waals surface area contributed by atoms with Crippen molar-refractivity contribution in [1.29, 1.82) is 0 Å². The van der Waals surface area contributed by atoms with Crippen LogP contribution in [0, 0.1) is 0 Å². The second kappa shape index (κ2) is 5.69. The molecule has 0 saturated carbocycles. The molecule has 0 unspecified atom stereocenters. The maximum atomic E-state index is 2.27. The number of rotatable bonds is 4. The zero-order chi connectivity index (χ0) is 8.81. The van der Waals surface area contributed by atoms with Crippen molar-refractivity contribution in [2.45, 2.75) is 18.0 Å². The van der Waals surface area contributed by atoms with Gasteiger partial charge in [0.1, 0.15) is 0 Å². The van der Waals surface area contributed by atoms with Crippen LogP contribution in [0.15, 0.2) is 24.3 Å². The zero-order valence-electron chi connectivity index (χ0n) is 7.54. The Kier molecular flexibility index (Phi) is 4.82. The summed E-state index contributed by atoms with van der Waals surface area (Å²) in [7, 11) is 0. The molecule has 0 N–H and O–H groups in total. The van der Waals surface area contributed by atoms with Gasteiger partial charge >= 0.3 is 85.3 Å². The van der Waals surface area contributed by atoms with Gasteiger partial charge < -0.3 is 0 Å². The van der Waals surface area contributed by atoms with Crippen LogP contribution in [0.1, 0.15) is 12.5 Å². The molecule has 0 fully saturated rings. The second-order valence-electron chi connectivity index (χ2n) is 2.47. The molecule has 66 valence electrons. The predicted molar refractivity (Wildman–Crippen MR) is 59.5 cm³/mol. The molecule has 0 radical (unpaired) electrons. The first-order valence-electron chi connectivity index (χ1n) is 4.08. The van der Waals surface area contributed by atoms with Crippen molar-refractivity contribution in [2.24, 2.45) is 0 Å². The van der Waals surface area contributed by atoms with Crippen LogP contribution < -0.4 is 4.46 Å². The SMILES string of the molecule is CC[Se]c1ccccc1CSC. The summed E-state index contributed by atoms with van der Waals surface area (Å²) in [5.41, 5.74) is 1.53. The Labute approximate surface area is 85.3 Å². The number of benzene rings is 1. The fourth-order valence-electron chi connectivity index (χ4n) is 1.07. The van der Waals surface area contributed by atoms with Gasteiger partial charge in [-0.15, -0.1) is 0 Å². The van der Waals surface area contributed by atoms with E-state index >= 15 is 0 Å². The van der Waals surface area contributed by atoms with Gasteiger partial charge in [-0.2, -0.15) is 0 Å². The van der Waals surface area contributed by atoms with E-state index in [1.165, 1.54) is 10.9 Å². The van der Waals surface area contributed by atoms with Crippen LogP contribution in [0.3, 0.4) is 0 Å². The van der Waals surface area contributed by atoms with Gasteiger partial charge in [0.05, 0.1) is 0 Å². The van der Waals surface area contributed by atoms with Crippen molar-refractivity contribution in [3.8, 4) is 0 Å². The molecule has 0 aliphatic heterocycles. The molecule has 0 amide bonds. The molecule has 0 bridgehead atoms. The van der Waals surface area contributed by atoms with E-state index in [4.69, 9.17) is 0 Å². The van der Waals surface area contributed by atoms with Crippen LogP contribution >= 0.6 is 11.8 Å². The van der Waals surface area contributed by atoms with E-state index in [0.29, 0.717) is 15.0 Å². The first-order valence-corrected chi connectivity index (χ1v) is 7.54. The monoisotopic (exact) mass is 246 g/mol. The first-order chi connectivity index (χ1) is 5.88. The van der Waals surface area contributed by atoms with Crippen molar-refractivity contribution < 1.29 is 0 Å². The molecule has 2 heteroatoms. The molecule has 12 heavy (non-hydrogen) atoms. The van der Waals surface area contributed by atoms with E-state index in [2.05, 4.69) is 37.4 Å². The Morgan fingerprint density at radius 1 is 1.33 bits per heavy atom. The van der Waals surface area contributed by atoms with Crippen LogP contribution in [0.5, 0.6) is 0 Å². The summed E-state index contributed by atoms with van der Waals surface area (Å²) >= 11 is 2.59. The maximum absolute atomic E-state index is 2.27. The van der Waals surface area contributed by atoms with E-state index in [1.807, 2.05) is 11.8 Å². The Balaban J connectivity index is 2.77. The Morgan fingerprint density at radius 3 is 2.75 bits per heavy atom. The molecule has 0 saturated heterocycles. The summed E-state index contributed by atoms with van der Waals surface area (Å²) in [6.07, 6.45) is 2.16. The Hall–Kier alpha value is 0.0895. The van der Waals surface area contributed by atoms with Gasteiger partial charge in [-0.1, -0.05) is 0 Å². The normalized spacial score (nSPS) is 10.2. The Bertz CT molecular complexity index is 210. The van der Waals surface area contributed by atoms with E-state index in [9.17, 15) is 0 Å². The Morgan fingerprint density at radius 2 is 2.08 bits per heavy atom. The van der Waals surface area contributed by atoms with Gasteiger partial charge in [0.2, 0.25) is 0 Å². The number of hydrogen-bond acceptors (Lipinski definition) is 1. The van der Waals surface area contributed by atoms with E-state index in [1.54, 1.807) is 4.46 Å². The van der Waals surface area contributed by atoms with Gasteiger partial charge in [0.15, 0.2) is 0 Å². The molecule has 0 nitrogen and oxygen atoms in total. The van der Waals surface area contributed by atoms with Gasteiger partial charge in [-0.3, -0.25) is 0 Å². The molecule has 0 aliphatic carbocycles. The quantitative estimate of drug-likeness (QED) is 0.734. The first kappa shape index (κ1) is 10.2. The van der Waals surface area contributed by atoms with E-state index in [-0.39, 0.29) is 0 Å². The fraction of sp³-hybridized carbons (Fsp3) is 0.400. The van der Waals surface area contributed by atoms with Crippen LogP contribution in [-0.4, -0.2) is 21.2 Å².